The molecule has 0 N–H and O–H groups in total. The van der Waals surface area contributed by atoms with Crippen molar-refractivity contribution in [1.82, 2.24) is 0 Å². The second-order valence-electron chi connectivity index (χ2n) is 2.85. The van der Waals surface area contributed by atoms with Gasteiger partial charge < -0.3 is 0 Å². The highest BCUT2D eigenvalue weighted by molar-refractivity contribution is 6.42. The van der Waals surface area contributed by atoms with Gasteiger partial charge >= 0.3 is 0 Å². The first kappa shape index (κ1) is 11.0. The van der Waals surface area contributed by atoms with Crippen molar-refractivity contribution < 1.29 is 4.79 Å². The van der Waals surface area contributed by atoms with Crippen LogP contribution in [0.25, 0.3) is 0 Å². The fraction of sp³-hybridized carbons (Fsp3) is 0.200. The summed E-state index contributed by atoms with van der Waals surface area (Å²) in [5.41, 5.74) is 0.578. The van der Waals surface area contributed by atoms with E-state index in [0.29, 0.717) is 15.6 Å². The van der Waals surface area contributed by atoms with Gasteiger partial charge in [-0.3, -0.25) is 4.79 Å². The topological polar surface area (TPSA) is 40.9 Å². The molecule has 0 radical (unpaired) electrons. The maximum Gasteiger partial charge on any atom is 0.151 e. The number of hydrogen-bond acceptors (Lipinski definition) is 2. The molecule has 0 saturated heterocycles. The Balaban J connectivity index is 3.14. The number of carbonyl (C=O) groups excluding carboxylic acids is 1. The Morgan fingerprint density at radius 2 is 2.07 bits per heavy atom. The van der Waals surface area contributed by atoms with Crippen molar-refractivity contribution in [2.45, 2.75) is 12.8 Å². The van der Waals surface area contributed by atoms with E-state index in [1.165, 1.54) is 6.92 Å². The maximum absolute atomic E-state index is 11.1. The van der Waals surface area contributed by atoms with Crippen LogP contribution in [0.3, 0.4) is 0 Å². The van der Waals surface area contributed by atoms with E-state index in [1.54, 1.807) is 18.2 Å². The SMILES string of the molecule is CC(=O)[C@H](C#N)c1ccc(Cl)c(Cl)c1. The van der Waals surface area contributed by atoms with E-state index >= 15 is 0 Å². The molecule has 0 saturated carbocycles. The maximum atomic E-state index is 11.1. The summed E-state index contributed by atoms with van der Waals surface area (Å²) in [7, 11) is 0. The monoisotopic (exact) mass is 227 g/mol. The molecule has 0 aromatic heterocycles. The number of nitriles is 1. The van der Waals surface area contributed by atoms with Crippen LogP contribution >= 0.6 is 23.2 Å². The highest BCUT2D eigenvalue weighted by atomic mass is 35.5. The van der Waals surface area contributed by atoms with Gasteiger partial charge in [-0.15, -0.1) is 0 Å². The first-order valence-corrected chi connectivity index (χ1v) is 4.67. The first-order chi connectivity index (χ1) is 6.56. The van der Waals surface area contributed by atoms with Gasteiger partial charge in [-0.2, -0.15) is 5.26 Å². The average Bonchev–Trinajstić information content (AvgIpc) is 2.11. The van der Waals surface area contributed by atoms with E-state index in [2.05, 4.69) is 0 Å². The van der Waals surface area contributed by atoms with Gasteiger partial charge in [0.05, 0.1) is 16.1 Å². The summed E-state index contributed by atoms with van der Waals surface area (Å²) in [6.07, 6.45) is 0. The summed E-state index contributed by atoms with van der Waals surface area (Å²) in [6.45, 7) is 1.37. The molecular formula is C10H7Cl2NO. The highest BCUT2D eigenvalue weighted by Crippen LogP contribution is 2.26. The van der Waals surface area contributed by atoms with Crippen molar-refractivity contribution in [1.29, 1.82) is 5.26 Å². The molecule has 1 rings (SSSR count). The second-order valence-corrected chi connectivity index (χ2v) is 3.66. The van der Waals surface area contributed by atoms with Crippen molar-refractivity contribution >= 4 is 29.0 Å². The molecule has 0 bridgehead atoms. The van der Waals surface area contributed by atoms with E-state index < -0.39 is 5.92 Å². The molecule has 0 unspecified atom stereocenters. The predicted molar refractivity (Wildman–Crippen MR) is 55.5 cm³/mol. The fourth-order valence-corrected chi connectivity index (χ4v) is 1.40. The van der Waals surface area contributed by atoms with Crippen molar-refractivity contribution in [3.63, 3.8) is 0 Å². The Bertz CT molecular complexity index is 409. The van der Waals surface area contributed by atoms with Crippen molar-refractivity contribution in [3.05, 3.63) is 33.8 Å². The first-order valence-electron chi connectivity index (χ1n) is 3.91. The number of benzene rings is 1. The largest absolute Gasteiger partial charge is 0.298 e. The van der Waals surface area contributed by atoms with E-state index in [0.717, 1.165) is 0 Å². The number of rotatable bonds is 2. The van der Waals surface area contributed by atoms with Crippen LogP contribution in [0.15, 0.2) is 18.2 Å². The smallest absolute Gasteiger partial charge is 0.151 e. The molecule has 0 fully saturated rings. The minimum atomic E-state index is -0.759. The summed E-state index contributed by atoms with van der Waals surface area (Å²) >= 11 is 11.5. The minimum absolute atomic E-state index is 0.203. The summed E-state index contributed by atoms with van der Waals surface area (Å²) in [4.78, 5) is 11.1. The zero-order valence-electron chi connectivity index (χ0n) is 7.42. The van der Waals surface area contributed by atoms with Gasteiger partial charge in [0.25, 0.3) is 0 Å². The molecule has 2 nitrogen and oxygen atoms in total. The van der Waals surface area contributed by atoms with Crippen molar-refractivity contribution in [3.8, 4) is 6.07 Å². The lowest BCUT2D eigenvalue weighted by Crippen LogP contribution is -2.05. The second kappa shape index (κ2) is 4.45. The number of Topliss-reactive ketones (excluding diaryl/α,β-unsaturated/α-hetero) is 1. The highest BCUT2D eigenvalue weighted by Gasteiger charge is 2.16. The molecule has 0 aliphatic heterocycles. The zero-order chi connectivity index (χ0) is 10.7. The van der Waals surface area contributed by atoms with Crippen molar-refractivity contribution in [2.24, 2.45) is 0 Å². The minimum Gasteiger partial charge on any atom is -0.298 e. The van der Waals surface area contributed by atoms with Gasteiger partial charge in [-0.25, -0.2) is 0 Å². The van der Waals surface area contributed by atoms with Crippen LogP contribution in [-0.4, -0.2) is 5.78 Å². The summed E-state index contributed by atoms with van der Waals surface area (Å²) in [5, 5.41) is 9.53. The Labute approximate surface area is 92.1 Å². The standard InChI is InChI=1S/C10H7Cl2NO/c1-6(14)8(5-13)7-2-3-9(11)10(12)4-7/h2-4,8H,1H3/t8-/m0/s1. The zero-order valence-corrected chi connectivity index (χ0v) is 8.93. The average molecular weight is 228 g/mol. The van der Waals surface area contributed by atoms with Gasteiger partial charge in [0.2, 0.25) is 0 Å². The number of halogens is 2. The quantitative estimate of drug-likeness (QED) is 0.779. The summed E-state index contributed by atoms with van der Waals surface area (Å²) < 4.78 is 0. The molecule has 0 aliphatic rings. The molecule has 0 spiro atoms. The predicted octanol–water partition coefficient (Wildman–Crippen LogP) is 3.19. The van der Waals surface area contributed by atoms with E-state index in [1.807, 2.05) is 6.07 Å². The third kappa shape index (κ3) is 2.25. The van der Waals surface area contributed by atoms with Gasteiger partial charge in [-0.1, -0.05) is 29.3 Å². The molecule has 14 heavy (non-hydrogen) atoms. The third-order valence-corrected chi connectivity index (χ3v) is 2.55. The number of carbonyl (C=O) groups is 1. The van der Waals surface area contributed by atoms with E-state index in [-0.39, 0.29) is 5.78 Å². The summed E-state index contributed by atoms with van der Waals surface area (Å²) in [5.74, 6) is -0.962. The third-order valence-electron chi connectivity index (χ3n) is 1.81. The van der Waals surface area contributed by atoms with E-state index in [4.69, 9.17) is 28.5 Å². The van der Waals surface area contributed by atoms with Gasteiger partial charge in [0.15, 0.2) is 5.78 Å². The lowest BCUT2D eigenvalue weighted by atomic mass is 9.97. The molecule has 1 aromatic rings. The van der Waals surface area contributed by atoms with Crippen LogP contribution in [0.4, 0.5) is 0 Å². The Hall–Kier alpha value is -1.04. The molecular weight excluding hydrogens is 221 g/mol. The van der Waals surface area contributed by atoms with Crippen LogP contribution in [0, 0.1) is 11.3 Å². The van der Waals surface area contributed by atoms with Crippen LogP contribution < -0.4 is 0 Å². The molecule has 0 aliphatic carbocycles. The Morgan fingerprint density at radius 3 is 2.50 bits per heavy atom. The fourth-order valence-electron chi connectivity index (χ4n) is 1.09. The number of hydrogen-bond donors (Lipinski definition) is 0. The number of nitrogens with zero attached hydrogens (tertiary/aromatic N) is 1. The lowest BCUT2D eigenvalue weighted by molar-refractivity contribution is -0.117. The molecule has 1 atom stereocenters. The van der Waals surface area contributed by atoms with Crippen LogP contribution in [-0.2, 0) is 4.79 Å². The van der Waals surface area contributed by atoms with Gasteiger partial charge in [-0.05, 0) is 24.6 Å². The Morgan fingerprint density at radius 1 is 1.43 bits per heavy atom. The molecule has 0 heterocycles. The molecule has 0 amide bonds. The normalized spacial score (nSPS) is 11.9. The molecule has 4 heteroatoms. The number of ketones is 1. The van der Waals surface area contributed by atoms with Gasteiger partial charge in [0.1, 0.15) is 5.92 Å². The Kier molecular flexibility index (Phi) is 3.51. The molecule has 1 aromatic carbocycles. The van der Waals surface area contributed by atoms with Crippen LogP contribution in [0.5, 0.6) is 0 Å². The van der Waals surface area contributed by atoms with Crippen molar-refractivity contribution in [2.75, 3.05) is 0 Å². The molecule has 72 valence electrons. The summed E-state index contributed by atoms with van der Waals surface area (Å²) in [6, 6.07) is 6.66. The lowest BCUT2D eigenvalue weighted by Gasteiger charge is -2.06. The van der Waals surface area contributed by atoms with Gasteiger partial charge in [0, 0.05) is 0 Å². The van der Waals surface area contributed by atoms with Crippen LogP contribution in [0.1, 0.15) is 18.4 Å². The van der Waals surface area contributed by atoms with Crippen LogP contribution in [0.2, 0.25) is 10.0 Å². The van der Waals surface area contributed by atoms with E-state index in [9.17, 15) is 4.79 Å².